The Bertz CT molecular complexity index is 228. The number of hydrogen-bond donors (Lipinski definition) is 0. The molecule has 0 atom stereocenters. The van der Waals surface area contributed by atoms with E-state index in [1.54, 1.807) is 0 Å². The molecule has 84 valence electrons. The Hall–Kier alpha value is -1.30. The van der Waals surface area contributed by atoms with Crippen LogP contribution in [0, 0.1) is 11.3 Å². The van der Waals surface area contributed by atoms with Crippen LogP contribution in [0.15, 0.2) is 12.2 Å². The van der Waals surface area contributed by atoms with Crippen LogP contribution in [0.3, 0.4) is 0 Å². The molecule has 3 nitrogen and oxygen atoms in total. The second-order valence-electron chi connectivity index (χ2n) is 3.22. The average molecular weight is 209 g/mol. The predicted octanol–water partition coefficient (Wildman–Crippen LogP) is 2.97. The molecule has 0 saturated heterocycles. The first-order chi connectivity index (χ1) is 7.31. The normalized spacial score (nSPS) is 10.1. The third-order valence-corrected chi connectivity index (χ3v) is 1.88. The summed E-state index contributed by atoms with van der Waals surface area (Å²) < 4.78 is 4.80. The van der Waals surface area contributed by atoms with E-state index in [1.807, 2.05) is 6.92 Å². The monoisotopic (exact) mass is 209 g/mol. The van der Waals surface area contributed by atoms with Gasteiger partial charge in [0.25, 0.3) is 0 Å². The molecule has 15 heavy (non-hydrogen) atoms. The van der Waals surface area contributed by atoms with Crippen molar-refractivity contribution in [2.24, 2.45) is 0 Å². The molecule has 0 spiro atoms. The molecule has 0 heterocycles. The smallest absolute Gasteiger partial charge is 0.305 e. The lowest BCUT2D eigenvalue weighted by Gasteiger charge is -1.98. The van der Waals surface area contributed by atoms with E-state index in [-0.39, 0.29) is 5.97 Å². The van der Waals surface area contributed by atoms with Gasteiger partial charge in [-0.1, -0.05) is 12.2 Å². The Kier molecular flexibility index (Phi) is 9.84. The van der Waals surface area contributed by atoms with Crippen molar-refractivity contribution in [1.29, 1.82) is 5.26 Å². The molecular formula is C12H19NO2. The Morgan fingerprint density at radius 1 is 1.33 bits per heavy atom. The zero-order chi connectivity index (χ0) is 11.4. The third kappa shape index (κ3) is 10.6. The summed E-state index contributed by atoms with van der Waals surface area (Å²) in [5.41, 5.74) is 0. The number of rotatable bonds is 8. The number of carbonyl (C=O) groups excluding carboxylic acids is 1. The minimum Gasteiger partial charge on any atom is -0.466 e. The molecule has 0 fully saturated rings. The minimum atomic E-state index is -0.115. The van der Waals surface area contributed by atoms with E-state index in [4.69, 9.17) is 10.00 Å². The number of hydrogen-bond acceptors (Lipinski definition) is 3. The van der Waals surface area contributed by atoms with Gasteiger partial charge in [-0.3, -0.25) is 4.79 Å². The van der Waals surface area contributed by atoms with Crippen molar-refractivity contribution >= 4 is 5.97 Å². The van der Waals surface area contributed by atoms with Crippen molar-refractivity contribution in [3.8, 4) is 6.07 Å². The molecule has 0 rings (SSSR count). The maximum atomic E-state index is 10.9. The molecule has 0 aliphatic carbocycles. The lowest BCUT2D eigenvalue weighted by Crippen LogP contribution is -2.02. The molecule has 0 saturated carbocycles. The standard InChI is InChI=1S/C12H19NO2/c1-2-15-12(14)10-8-6-4-3-5-7-9-11-13/h3-4H,2,5-10H2,1H3/b4-3-. The van der Waals surface area contributed by atoms with Crippen molar-refractivity contribution in [3.05, 3.63) is 12.2 Å². The molecule has 0 aromatic heterocycles. The van der Waals surface area contributed by atoms with Gasteiger partial charge in [0.05, 0.1) is 12.7 Å². The summed E-state index contributed by atoms with van der Waals surface area (Å²) >= 11 is 0. The highest BCUT2D eigenvalue weighted by molar-refractivity contribution is 5.69. The second-order valence-corrected chi connectivity index (χ2v) is 3.22. The molecule has 0 radical (unpaired) electrons. The van der Waals surface area contributed by atoms with Gasteiger partial charge in [-0.25, -0.2) is 0 Å². The topological polar surface area (TPSA) is 50.1 Å². The number of carbonyl (C=O) groups is 1. The Labute approximate surface area is 91.7 Å². The van der Waals surface area contributed by atoms with Crippen molar-refractivity contribution < 1.29 is 9.53 Å². The van der Waals surface area contributed by atoms with Gasteiger partial charge in [0.2, 0.25) is 0 Å². The lowest BCUT2D eigenvalue weighted by atomic mass is 10.2. The van der Waals surface area contributed by atoms with E-state index >= 15 is 0 Å². The third-order valence-electron chi connectivity index (χ3n) is 1.88. The maximum absolute atomic E-state index is 10.9. The summed E-state index contributed by atoms with van der Waals surface area (Å²) in [7, 11) is 0. The van der Waals surface area contributed by atoms with E-state index in [9.17, 15) is 4.79 Å². The van der Waals surface area contributed by atoms with E-state index in [2.05, 4.69) is 18.2 Å². The van der Waals surface area contributed by atoms with Crippen LogP contribution >= 0.6 is 0 Å². The zero-order valence-corrected chi connectivity index (χ0v) is 9.37. The molecule has 0 aliphatic heterocycles. The second kappa shape index (κ2) is 10.8. The summed E-state index contributed by atoms with van der Waals surface area (Å²) in [6, 6.07) is 2.10. The lowest BCUT2D eigenvalue weighted by molar-refractivity contribution is -0.143. The highest BCUT2D eigenvalue weighted by Gasteiger charge is 1.98. The number of unbranched alkanes of at least 4 members (excludes halogenated alkanes) is 3. The summed E-state index contributed by atoms with van der Waals surface area (Å²) in [6.07, 6.45) is 8.87. The summed E-state index contributed by atoms with van der Waals surface area (Å²) in [6.45, 7) is 2.27. The van der Waals surface area contributed by atoms with Crippen molar-refractivity contribution in [2.45, 2.75) is 45.4 Å². The summed E-state index contributed by atoms with van der Waals surface area (Å²) in [5, 5.41) is 8.29. The van der Waals surface area contributed by atoms with Crippen molar-refractivity contribution in [1.82, 2.24) is 0 Å². The van der Waals surface area contributed by atoms with Gasteiger partial charge in [-0.15, -0.1) is 0 Å². The molecular weight excluding hydrogens is 190 g/mol. The van der Waals surface area contributed by atoms with Gasteiger partial charge in [-0.2, -0.15) is 5.26 Å². The molecule has 0 bridgehead atoms. The SMILES string of the molecule is CCOC(=O)CCC/C=C\CCCC#N. The summed E-state index contributed by atoms with van der Waals surface area (Å²) in [4.78, 5) is 10.9. The van der Waals surface area contributed by atoms with Gasteiger partial charge in [0.15, 0.2) is 0 Å². The molecule has 0 aromatic rings. The van der Waals surface area contributed by atoms with Crippen LogP contribution in [-0.2, 0) is 9.53 Å². The van der Waals surface area contributed by atoms with Crippen LogP contribution in [0.1, 0.15) is 45.4 Å². The van der Waals surface area contributed by atoms with Gasteiger partial charge >= 0.3 is 5.97 Å². The molecule has 3 heteroatoms. The van der Waals surface area contributed by atoms with Crippen molar-refractivity contribution in [2.75, 3.05) is 6.61 Å². The fraction of sp³-hybridized carbons (Fsp3) is 0.667. The number of nitrogens with zero attached hydrogens (tertiary/aromatic N) is 1. The van der Waals surface area contributed by atoms with Crippen LogP contribution < -0.4 is 0 Å². The summed E-state index contributed by atoms with van der Waals surface area (Å²) in [5.74, 6) is -0.115. The van der Waals surface area contributed by atoms with Crippen LogP contribution in [0.5, 0.6) is 0 Å². The van der Waals surface area contributed by atoms with Gasteiger partial charge < -0.3 is 4.74 Å². The van der Waals surface area contributed by atoms with Gasteiger partial charge in [0, 0.05) is 12.8 Å². The molecule has 0 N–H and O–H groups in total. The Balaban J connectivity index is 3.23. The maximum Gasteiger partial charge on any atom is 0.305 e. The van der Waals surface area contributed by atoms with Crippen LogP contribution in [0.25, 0.3) is 0 Å². The predicted molar refractivity (Wildman–Crippen MR) is 59.1 cm³/mol. The highest BCUT2D eigenvalue weighted by Crippen LogP contribution is 2.01. The number of nitriles is 1. The molecule has 0 aliphatic rings. The van der Waals surface area contributed by atoms with E-state index in [0.29, 0.717) is 19.4 Å². The van der Waals surface area contributed by atoms with Gasteiger partial charge in [-0.05, 0) is 32.6 Å². The Morgan fingerprint density at radius 2 is 2.00 bits per heavy atom. The van der Waals surface area contributed by atoms with Crippen molar-refractivity contribution in [3.63, 3.8) is 0 Å². The largest absolute Gasteiger partial charge is 0.466 e. The molecule has 0 aromatic carbocycles. The minimum absolute atomic E-state index is 0.115. The number of allylic oxidation sites excluding steroid dienone is 2. The van der Waals surface area contributed by atoms with E-state index in [0.717, 1.165) is 25.7 Å². The number of esters is 1. The highest BCUT2D eigenvalue weighted by atomic mass is 16.5. The molecule has 0 amide bonds. The fourth-order valence-electron chi connectivity index (χ4n) is 1.13. The number of ether oxygens (including phenoxy) is 1. The zero-order valence-electron chi connectivity index (χ0n) is 9.37. The molecule has 0 unspecified atom stereocenters. The Morgan fingerprint density at radius 3 is 2.60 bits per heavy atom. The van der Waals surface area contributed by atoms with Crippen LogP contribution in [-0.4, -0.2) is 12.6 Å². The average Bonchev–Trinajstić information content (AvgIpc) is 2.22. The first-order valence-electron chi connectivity index (χ1n) is 5.48. The quantitative estimate of drug-likeness (QED) is 0.351. The first kappa shape index (κ1) is 13.7. The van der Waals surface area contributed by atoms with E-state index < -0.39 is 0 Å². The van der Waals surface area contributed by atoms with Crippen LogP contribution in [0.4, 0.5) is 0 Å². The fourth-order valence-corrected chi connectivity index (χ4v) is 1.13. The van der Waals surface area contributed by atoms with Gasteiger partial charge in [0.1, 0.15) is 0 Å². The van der Waals surface area contributed by atoms with Crippen LogP contribution in [0.2, 0.25) is 0 Å². The van der Waals surface area contributed by atoms with E-state index in [1.165, 1.54) is 0 Å². The first-order valence-corrected chi connectivity index (χ1v) is 5.48.